The predicted molar refractivity (Wildman–Crippen MR) is 117 cm³/mol. The molecule has 9 nitrogen and oxygen atoms in total. The number of hydrogen-bond donors (Lipinski definition) is 1. The second kappa shape index (κ2) is 9.84. The minimum absolute atomic E-state index is 0.0191. The van der Waals surface area contributed by atoms with Gasteiger partial charge in [-0.2, -0.15) is 0 Å². The average molecular weight is 459 g/mol. The number of benzene rings is 2. The zero-order chi connectivity index (χ0) is 23.5. The highest BCUT2D eigenvalue weighted by atomic mass is 16.8. The van der Waals surface area contributed by atoms with Crippen LogP contribution in [-0.2, 0) is 36.9 Å². The molecule has 0 aliphatic carbocycles. The quantitative estimate of drug-likeness (QED) is 0.427. The smallest absolute Gasteiger partial charge is 0.232 e. The van der Waals surface area contributed by atoms with Gasteiger partial charge in [0, 0.05) is 4.92 Å². The van der Waals surface area contributed by atoms with Gasteiger partial charge in [0.1, 0.15) is 18.3 Å². The molecule has 2 fully saturated rings. The van der Waals surface area contributed by atoms with E-state index in [1.807, 2.05) is 60.7 Å². The van der Waals surface area contributed by atoms with E-state index in [1.54, 1.807) is 13.8 Å². The third kappa shape index (κ3) is 5.40. The third-order valence-electron chi connectivity index (χ3n) is 5.78. The maximum absolute atomic E-state index is 11.2. The van der Waals surface area contributed by atoms with Crippen molar-refractivity contribution in [2.75, 3.05) is 13.2 Å². The number of nitro groups is 1. The van der Waals surface area contributed by atoms with Crippen LogP contribution in [0.2, 0.25) is 0 Å². The lowest BCUT2D eigenvalue weighted by molar-refractivity contribution is -0.494. The van der Waals surface area contributed by atoms with Crippen LogP contribution in [0.4, 0.5) is 0 Å². The van der Waals surface area contributed by atoms with Crippen LogP contribution < -0.4 is 0 Å². The first-order valence-corrected chi connectivity index (χ1v) is 10.9. The van der Waals surface area contributed by atoms with Gasteiger partial charge in [-0.25, -0.2) is 0 Å². The van der Waals surface area contributed by atoms with E-state index in [1.165, 1.54) is 0 Å². The molecule has 4 rings (SSSR count). The summed E-state index contributed by atoms with van der Waals surface area (Å²) in [6, 6.07) is 19.1. The van der Waals surface area contributed by atoms with Crippen LogP contribution in [0.25, 0.3) is 0 Å². The molecule has 5 atom stereocenters. The Morgan fingerprint density at radius 3 is 2.24 bits per heavy atom. The van der Waals surface area contributed by atoms with Crippen molar-refractivity contribution in [1.29, 1.82) is 0 Å². The lowest BCUT2D eigenvalue weighted by Crippen LogP contribution is -2.59. The molecule has 0 saturated carbocycles. The average Bonchev–Trinajstić information content (AvgIpc) is 3.24. The van der Waals surface area contributed by atoms with Gasteiger partial charge in [-0.15, -0.1) is 0 Å². The second-order valence-electron chi connectivity index (χ2n) is 8.77. The van der Waals surface area contributed by atoms with E-state index in [-0.39, 0.29) is 19.8 Å². The summed E-state index contributed by atoms with van der Waals surface area (Å²) in [5.74, 6) is -0.949. The van der Waals surface area contributed by atoms with E-state index in [0.29, 0.717) is 0 Å². The first-order chi connectivity index (χ1) is 15.8. The molecule has 0 spiro atoms. The number of rotatable bonds is 10. The molecular weight excluding hydrogens is 430 g/mol. The van der Waals surface area contributed by atoms with Crippen molar-refractivity contribution in [3.8, 4) is 0 Å². The fraction of sp³-hybridized carbons (Fsp3) is 0.500. The lowest BCUT2D eigenvalue weighted by atomic mass is 9.89. The summed E-state index contributed by atoms with van der Waals surface area (Å²) in [5.41, 5.74) is 0.514. The summed E-state index contributed by atoms with van der Waals surface area (Å²) < 4.78 is 30.4. The molecule has 9 heteroatoms. The number of hydrogen-bond acceptors (Lipinski definition) is 8. The third-order valence-corrected chi connectivity index (χ3v) is 5.78. The monoisotopic (exact) mass is 459 g/mol. The fourth-order valence-corrected chi connectivity index (χ4v) is 4.31. The molecule has 1 N–H and O–H groups in total. The zero-order valence-corrected chi connectivity index (χ0v) is 18.7. The molecule has 2 heterocycles. The number of aliphatic hydroxyl groups is 1. The summed E-state index contributed by atoms with van der Waals surface area (Å²) in [5, 5.41) is 21.9. The van der Waals surface area contributed by atoms with Crippen molar-refractivity contribution in [3.63, 3.8) is 0 Å². The summed E-state index contributed by atoms with van der Waals surface area (Å²) in [6.45, 7) is 3.25. The number of aliphatic hydroxyl groups excluding tert-OH is 1. The van der Waals surface area contributed by atoms with Crippen molar-refractivity contribution in [2.45, 2.75) is 63.1 Å². The number of ether oxygens (including phenoxy) is 5. The van der Waals surface area contributed by atoms with Crippen molar-refractivity contribution < 1.29 is 33.7 Å². The molecular formula is C24H29NO8. The number of nitrogens with zero attached hydrogens (tertiary/aromatic N) is 1. The molecule has 33 heavy (non-hydrogen) atoms. The van der Waals surface area contributed by atoms with Gasteiger partial charge in [0.25, 0.3) is 0 Å². The normalized spacial score (nSPS) is 29.0. The Balaban J connectivity index is 1.62. The maximum atomic E-state index is 11.2. The molecule has 1 unspecified atom stereocenters. The summed E-state index contributed by atoms with van der Waals surface area (Å²) >= 11 is 0. The predicted octanol–water partition coefficient (Wildman–Crippen LogP) is 2.67. The molecule has 2 aliphatic heterocycles. The summed E-state index contributed by atoms with van der Waals surface area (Å²) in [4.78, 5) is 10.6. The van der Waals surface area contributed by atoms with Crippen LogP contribution in [0.3, 0.4) is 0 Å². The summed E-state index contributed by atoms with van der Waals surface area (Å²) in [6.07, 6.45) is -4.15. The lowest BCUT2D eigenvalue weighted by Gasteiger charge is -2.39. The van der Waals surface area contributed by atoms with Crippen LogP contribution in [0.1, 0.15) is 25.0 Å². The van der Waals surface area contributed by atoms with E-state index in [0.717, 1.165) is 11.1 Å². The van der Waals surface area contributed by atoms with E-state index in [9.17, 15) is 15.2 Å². The Hall–Kier alpha value is -2.40. The maximum Gasteiger partial charge on any atom is 0.232 e. The molecule has 178 valence electrons. The standard InChI is InChI=1S/C24H29NO8/c1-23(2)32-21-22(33-23)31-20(19(26)13-25(27)28)24(21,30-15-18-11-7-4-8-12-18)16-29-14-17-9-5-3-6-10-17/h3-12,19-22,26H,13-16H2,1-2H3/t19?,20-,21+,22-,24+/m1/s1. The van der Waals surface area contributed by atoms with Gasteiger partial charge in [-0.3, -0.25) is 10.1 Å². The highest BCUT2D eigenvalue weighted by molar-refractivity contribution is 5.16. The molecule has 0 amide bonds. The molecule has 2 aliphatic rings. The van der Waals surface area contributed by atoms with E-state index in [2.05, 4.69) is 0 Å². The fourth-order valence-electron chi connectivity index (χ4n) is 4.31. The van der Waals surface area contributed by atoms with Crippen LogP contribution in [0.15, 0.2) is 60.7 Å². The summed E-state index contributed by atoms with van der Waals surface area (Å²) in [7, 11) is 0. The number of fused-ring (bicyclic) bond motifs is 1. The molecule has 2 saturated heterocycles. The minimum Gasteiger partial charge on any atom is -0.383 e. The van der Waals surface area contributed by atoms with Crippen LogP contribution in [0, 0.1) is 10.1 Å². The Bertz CT molecular complexity index is 925. The Kier molecular flexibility index (Phi) is 7.08. The Labute approximate surface area is 192 Å². The van der Waals surface area contributed by atoms with Crippen molar-refractivity contribution in [3.05, 3.63) is 81.9 Å². The first kappa shape index (κ1) is 23.7. The van der Waals surface area contributed by atoms with Crippen LogP contribution in [-0.4, -0.2) is 59.2 Å². The van der Waals surface area contributed by atoms with Gasteiger partial charge in [0.15, 0.2) is 17.7 Å². The molecule has 2 aromatic carbocycles. The highest BCUT2D eigenvalue weighted by Crippen LogP contribution is 2.46. The van der Waals surface area contributed by atoms with Gasteiger partial charge in [-0.05, 0) is 25.0 Å². The molecule has 0 radical (unpaired) electrons. The van der Waals surface area contributed by atoms with Crippen LogP contribution in [0.5, 0.6) is 0 Å². The molecule has 0 aromatic heterocycles. The Morgan fingerprint density at radius 2 is 1.64 bits per heavy atom. The minimum atomic E-state index is -1.45. The molecule has 0 bridgehead atoms. The molecule has 2 aromatic rings. The Morgan fingerprint density at radius 1 is 1.03 bits per heavy atom. The largest absolute Gasteiger partial charge is 0.383 e. The van der Waals surface area contributed by atoms with Crippen molar-refractivity contribution in [1.82, 2.24) is 0 Å². The van der Waals surface area contributed by atoms with Gasteiger partial charge in [0.05, 0.1) is 19.8 Å². The SMILES string of the molecule is CC1(C)O[C@H]2O[C@H](C(O)C[N+](=O)[O-])[C@](COCc3ccccc3)(OCc3ccccc3)[C@H]2O1. The van der Waals surface area contributed by atoms with Gasteiger partial charge < -0.3 is 28.8 Å². The van der Waals surface area contributed by atoms with Gasteiger partial charge in [-0.1, -0.05) is 60.7 Å². The zero-order valence-electron chi connectivity index (χ0n) is 18.7. The van der Waals surface area contributed by atoms with Crippen molar-refractivity contribution in [2.24, 2.45) is 0 Å². The van der Waals surface area contributed by atoms with Gasteiger partial charge in [0.2, 0.25) is 6.54 Å². The van der Waals surface area contributed by atoms with E-state index in [4.69, 9.17) is 23.7 Å². The first-order valence-electron chi connectivity index (χ1n) is 10.9. The van der Waals surface area contributed by atoms with Crippen LogP contribution >= 0.6 is 0 Å². The van der Waals surface area contributed by atoms with E-state index < -0.39 is 47.5 Å². The highest BCUT2D eigenvalue weighted by Gasteiger charge is 2.67. The van der Waals surface area contributed by atoms with Gasteiger partial charge >= 0.3 is 0 Å². The topological polar surface area (TPSA) is 110 Å². The van der Waals surface area contributed by atoms with E-state index >= 15 is 0 Å². The van der Waals surface area contributed by atoms with Crippen molar-refractivity contribution >= 4 is 0 Å². The second-order valence-corrected chi connectivity index (χ2v) is 8.77.